The van der Waals surface area contributed by atoms with Crippen molar-refractivity contribution in [2.45, 2.75) is 0 Å². The van der Waals surface area contributed by atoms with E-state index >= 15 is 0 Å². The topological polar surface area (TPSA) is 67.6 Å². The minimum atomic E-state index is 0. The molecular formula is C8H9ClN4. The Morgan fingerprint density at radius 2 is 1.85 bits per heavy atom. The molecule has 5 heteroatoms. The summed E-state index contributed by atoms with van der Waals surface area (Å²) in [6, 6.07) is 9.71. The van der Waals surface area contributed by atoms with Crippen molar-refractivity contribution >= 4 is 18.4 Å². The van der Waals surface area contributed by atoms with Crippen molar-refractivity contribution < 1.29 is 0 Å². The van der Waals surface area contributed by atoms with Crippen LogP contribution in [0.2, 0.25) is 0 Å². The van der Waals surface area contributed by atoms with Crippen LogP contribution in [0.3, 0.4) is 0 Å². The van der Waals surface area contributed by atoms with E-state index in [-0.39, 0.29) is 18.4 Å². The standard InChI is InChI=1S/C8H8N4.ClH/c9-8-10-7(11-12-8)6-4-2-1-3-5-6;/h1-5H,(H3,9,10,11,12);1H. The molecule has 0 saturated carbocycles. The molecule has 13 heavy (non-hydrogen) atoms. The molecule has 0 bridgehead atoms. The van der Waals surface area contributed by atoms with Gasteiger partial charge in [0.05, 0.1) is 0 Å². The highest BCUT2D eigenvalue weighted by molar-refractivity contribution is 5.85. The van der Waals surface area contributed by atoms with Gasteiger partial charge in [-0.3, -0.25) is 5.10 Å². The Bertz CT molecular complexity index is 371. The summed E-state index contributed by atoms with van der Waals surface area (Å²) >= 11 is 0. The fourth-order valence-electron chi connectivity index (χ4n) is 1.000. The van der Waals surface area contributed by atoms with E-state index in [4.69, 9.17) is 5.73 Å². The smallest absolute Gasteiger partial charge is 0.239 e. The van der Waals surface area contributed by atoms with Gasteiger partial charge >= 0.3 is 0 Å². The first-order chi connectivity index (χ1) is 5.86. The van der Waals surface area contributed by atoms with Gasteiger partial charge in [-0.25, -0.2) is 0 Å². The molecule has 0 unspecified atom stereocenters. The average Bonchev–Trinajstić information content (AvgIpc) is 2.54. The fourth-order valence-corrected chi connectivity index (χ4v) is 1.000. The van der Waals surface area contributed by atoms with Crippen molar-refractivity contribution in [1.82, 2.24) is 15.2 Å². The van der Waals surface area contributed by atoms with Gasteiger partial charge in [0.2, 0.25) is 5.95 Å². The van der Waals surface area contributed by atoms with Gasteiger partial charge in [-0.1, -0.05) is 30.3 Å². The number of aromatic nitrogens is 3. The van der Waals surface area contributed by atoms with Crippen LogP contribution in [0.25, 0.3) is 11.4 Å². The molecule has 2 rings (SSSR count). The number of aromatic amines is 1. The van der Waals surface area contributed by atoms with Crippen molar-refractivity contribution in [3.63, 3.8) is 0 Å². The number of benzene rings is 1. The summed E-state index contributed by atoms with van der Waals surface area (Å²) in [5.41, 5.74) is 6.35. The second kappa shape index (κ2) is 3.91. The molecule has 0 radical (unpaired) electrons. The van der Waals surface area contributed by atoms with Crippen LogP contribution in [0.1, 0.15) is 0 Å². The van der Waals surface area contributed by atoms with Crippen LogP contribution in [0.5, 0.6) is 0 Å². The number of nitrogens with zero attached hydrogens (tertiary/aromatic N) is 2. The first kappa shape index (κ1) is 9.54. The van der Waals surface area contributed by atoms with Gasteiger partial charge in [0, 0.05) is 5.56 Å². The van der Waals surface area contributed by atoms with E-state index in [0.717, 1.165) is 5.56 Å². The number of nitrogens with one attached hydrogen (secondary N) is 1. The van der Waals surface area contributed by atoms with Crippen LogP contribution in [-0.2, 0) is 0 Å². The Morgan fingerprint density at radius 3 is 2.38 bits per heavy atom. The molecule has 1 aromatic carbocycles. The van der Waals surface area contributed by atoms with E-state index in [1.165, 1.54) is 0 Å². The maximum Gasteiger partial charge on any atom is 0.239 e. The summed E-state index contributed by atoms with van der Waals surface area (Å²) < 4.78 is 0. The summed E-state index contributed by atoms with van der Waals surface area (Å²) in [6.45, 7) is 0. The maximum absolute atomic E-state index is 5.36. The summed E-state index contributed by atoms with van der Waals surface area (Å²) in [4.78, 5) is 3.99. The second-order valence-electron chi connectivity index (χ2n) is 2.41. The molecule has 1 heterocycles. The molecule has 2 aromatic rings. The maximum atomic E-state index is 5.36. The molecule has 0 aliphatic heterocycles. The van der Waals surface area contributed by atoms with Crippen LogP contribution in [0.15, 0.2) is 30.3 Å². The van der Waals surface area contributed by atoms with Crippen LogP contribution < -0.4 is 5.73 Å². The van der Waals surface area contributed by atoms with Crippen molar-refractivity contribution in [3.8, 4) is 11.4 Å². The highest BCUT2D eigenvalue weighted by Crippen LogP contribution is 2.13. The lowest BCUT2D eigenvalue weighted by molar-refractivity contribution is 1.10. The number of halogens is 1. The molecule has 0 saturated heterocycles. The molecule has 1 aromatic heterocycles. The van der Waals surface area contributed by atoms with E-state index < -0.39 is 0 Å². The second-order valence-corrected chi connectivity index (χ2v) is 2.41. The normalized spacial score (nSPS) is 9.23. The van der Waals surface area contributed by atoms with E-state index in [2.05, 4.69) is 15.2 Å². The van der Waals surface area contributed by atoms with Gasteiger partial charge in [0.1, 0.15) is 0 Å². The van der Waals surface area contributed by atoms with Crippen LogP contribution >= 0.6 is 12.4 Å². The summed E-state index contributed by atoms with van der Waals surface area (Å²) in [7, 11) is 0. The highest BCUT2D eigenvalue weighted by atomic mass is 35.5. The van der Waals surface area contributed by atoms with Gasteiger partial charge in [-0.2, -0.15) is 4.98 Å². The first-order valence-electron chi connectivity index (χ1n) is 3.59. The van der Waals surface area contributed by atoms with Gasteiger partial charge in [0.15, 0.2) is 5.82 Å². The lowest BCUT2D eigenvalue weighted by Crippen LogP contribution is -1.85. The number of hydrogen-bond acceptors (Lipinski definition) is 3. The number of nitrogen functional groups attached to an aromatic ring is 1. The predicted octanol–water partition coefficient (Wildman–Crippen LogP) is 1.48. The van der Waals surface area contributed by atoms with E-state index in [1.807, 2.05) is 30.3 Å². The van der Waals surface area contributed by atoms with Gasteiger partial charge in [-0.05, 0) is 0 Å². The van der Waals surface area contributed by atoms with Crippen LogP contribution in [0.4, 0.5) is 5.95 Å². The van der Waals surface area contributed by atoms with Crippen LogP contribution in [0, 0.1) is 0 Å². The third-order valence-corrected chi connectivity index (χ3v) is 1.55. The number of anilines is 1. The number of H-pyrrole nitrogens is 1. The number of hydrogen-bond donors (Lipinski definition) is 2. The minimum Gasteiger partial charge on any atom is -0.366 e. The zero-order valence-corrected chi connectivity index (χ0v) is 7.58. The van der Waals surface area contributed by atoms with E-state index in [0.29, 0.717) is 5.82 Å². The molecule has 3 N–H and O–H groups in total. The highest BCUT2D eigenvalue weighted by Gasteiger charge is 2.00. The average molecular weight is 197 g/mol. The number of nitrogens with two attached hydrogens (primary N) is 1. The Morgan fingerprint density at radius 1 is 1.15 bits per heavy atom. The largest absolute Gasteiger partial charge is 0.366 e. The van der Waals surface area contributed by atoms with Crippen molar-refractivity contribution in [1.29, 1.82) is 0 Å². The molecule has 0 fully saturated rings. The zero-order valence-electron chi connectivity index (χ0n) is 6.77. The minimum absolute atomic E-state index is 0. The molecule has 68 valence electrons. The summed E-state index contributed by atoms with van der Waals surface area (Å²) in [5.74, 6) is 0.974. The van der Waals surface area contributed by atoms with Crippen molar-refractivity contribution in [2.24, 2.45) is 0 Å². The SMILES string of the molecule is Cl.Nc1n[nH]c(-c2ccccc2)n1. The zero-order chi connectivity index (χ0) is 8.39. The molecule has 0 atom stereocenters. The van der Waals surface area contributed by atoms with Gasteiger partial charge < -0.3 is 5.73 Å². The van der Waals surface area contributed by atoms with Crippen LogP contribution in [-0.4, -0.2) is 15.2 Å². The molecule has 0 aliphatic rings. The fraction of sp³-hybridized carbons (Fsp3) is 0. The predicted molar refractivity (Wildman–Crippen MR) is 53.5 cm³/mol. The number of rotatable bonds is 1. The van der Waals surface area contributed by atoms with Crippen molar-refractivity contribution in [3.05, 3.63) is 30.3 Å². The van der Waals surface area contributed by atoms with E-state index in [9.17, 15) is 0 Å². The Balaban J connectivity index is 0.000000845. The van der Waals surface area contributed by atoms with E-state index in [1.54, 1.807) is 0 Å². The summed E-state index contributed by atoms with van der Waals surface area (Å²) in [5, 5.41) is 6.47. The molecule has 0 spiro atoms. The van der Waals surface area contributed by atoms with Gasteiger partial charge in [-0.15, -0.1) is 17.5 Å². The molecule has 4 nitrogen and oxygen atoms in total. The quantitative estimate of drug-likeness (QED) is 0.726. The molecule has 0 aliphatic carbocycles. The Hall–Kier alpha value is -1.55. The molecular weight excluding hydrogens is 188 g/mol. The monoisotopic (exact) mass is 196 g/mol. The summed E-state index contributed by atoms with van der Waals surface area (Å²) in [6.07, 6.45) is 0. The Labute approximate surface area is 81.6 Å². The lowest BCUT2D eigenvalue weighted by Gasteiger charge is -1.91. The third-order valence-electron chi connectivity index (χ3n) is 1.55. The Kier molecular flexibility index (Phi) is 2.87. The first-order valence-corrected chi connectivity index (χ1v) is 3.59. The lowest BCUT2D eigenvalue weighted by atomic mass is 10.2. The van der Waals surface area contributed by atoms with Gasteiger partial charge in [0.25, 0.3) is 0 Å². The molecule has 0 amide bonds. The third kappa shape index (κ3) is 1.97. The van der Waals surface area contributed by atoms with Crippen molar-refractivity contribution in [2.75, 3.05) is 5.73 Å².